The lowest BCUT2D eigenvalue weighted by atomic mass is 10.0. The zero-order valence-electron chi connectivity index (χ0n) is 9.84. The summed E-state index contributed by atoms with van der Waals surface area (Å²) in [6.45, 7) is 8.11. The minimum absolute atomic E-state index is 1.07. The van der Waals surface area contributed by atoms with Crippen LogP contribution < -0.4 is 5.32 Å². The number of nitrogens with one attached hydrogen (secondary N) is 1. The standard InChI is InChI=1S/C14H21N/c1-4-7-8-12-9-10-14(15-6-3)13(5-2)11-12/h6,9-11,15H,3-5,7-8H2,1-2H3. The molecule has 1 heteroatoms. The van der Waals surface area contributed by atoms with Crippen LogP contribution in [-0.4, -0.2) is 0 Å². The lowest BCUT2D eigenvalue weighted by molar-refractivity contribution is 0.794. The van der Waals surface area contributed by atoms with Gasteiger partial charge in [0, 0.05) is 5.69 Å². The summed E-state index contributed by atoms with van der Waals surface area (Å²) in [6.07, 6.45) is 6.53. The van der Waals surface area contributed by atoms with Crippen LogP contribution in [0.3, 0.4) is 0 Å². The van der Waals surface area contributed by atoms with Crippen LogP contribution in [0.25, 0.3) is 0 Å². The highest BCUT2D eigenvalue weighted by Gasteiger charge is 2.00. The molecule has 1 N–H and O–H groups in total. The summed E-state index contributed by atoms with van der Waals surface area (Å²) in [5.41, 5.74) is 4.01. The van der Waals surface area contributed by atoms with Gasteiger partial charge in [0.05, 0.1) is 0 Å². The number of anilines is 1. The third-order valence-electron chi connectivity index (χ3n) is 2.63. The van der Waals surface area contributed by atoms with Crippen molar-refractivity contribution in [2.45, 2.75) is 39.5 Å². The lowest BCUT2D eigenvalue weighted by Crippen LogP contribution is -1.95. The summed E-state index contributed by atoms with van der Waals surface area (Å²) >= 11 is 0. The van der Waals surface area contributed by atoms with Crippen molar-refractivity contribution < 1.29 is 0 Å². The molecule has 0 aromatic heterocycles. The fourth-order valence-electron chi connectivity index (χ4n) is 1.73. The Balaban J connectivity index is 2.81. The lowest BCUT2D eigenvalue weighted by Gasteiger charge is -2.09. The van der Waals surface area contributed by atoms with Gasteiger partial charge in [-0.3, -0.25) is 0 Å². The maximum atomic E-state index is 3.69. The van der Waals surface area contributed by atoms with Crippen LogP contribution in [0.5, 0.6) is 0 Å². The number of hydrogen-bond donors (Lipinski definition) is 1. The first-order chi connectivity index (χ1) is 7.31. The summed E-state index contributed by atoms with van der Waals surface area (Å²) in [6, 6.07) is 6.67. The molecule has 0 saturated carbocycles. The molecule has 0 fully saturated rings. The average molecular weight is 203 g/mol. The van der Waals surface area contributed by atoms with E-state index >= 15 is 0 Å². The highest BCUT2D eigenvalue weighted by molar-refractivity contribution is 5.54. The highest BCUT2D eigenvalue weighted by atomic mass is 14.8. The van der Waals surface area contributed by atoms with Gasteiger partial charge in [0.1, 0.15) is 0 Å². The molecule has 0 aliphatic carbocycles. The zero-order chi connectivity index (χ0) is 11.1. The van der Waals surface area contributed by atoms with E-state index in [1.165, 1.54) is 36.1 Å². The van der Waals surface area contributed by atoms with E-state index < -0.39 is 0 Å². The molecule has 1 rings (SSSR count). The zero-order valence-corrected chi connectivity index (χ0v) is 9.84. The van der Waals surface area contributed by atoms with Gasteiger partial charge < -0.3 is 5.32 Å². The van der Waals surface area contributed by atoms with Crippen LogP contribution in [0.4, 0.5) is 5.69 Å². The Labute approximate surface area is 93.2 Å². The largest absolute Gasteiger partial charge is 0.362 e. The van der Waals surface area contributed by atoms with E-state index in [2.05, 4.69) is 43.9 Å². The van der Waals surface area contributed by atoms with E-state index in [0.717, 1.165) is 6.42 Å². The number of rotatable bonds is 6. The molecule has 0 aliphatic heterocycles. The number of hydrogen-bond acceptors (Lipinski definition) is 1. The van der Waals surface area contributed by atoms with Crippen LogP contribution in [0.15, 0.2) is 31.0 Å². The Bertz CT molecular complexity index is 315. The fraction of sp³-hybridized carbons (Fsp3) is 0.429. The molecule has 0 spiro atoms. The van der Waals surface area contributed by atoms with Gasteiger partial charge in [0.25, 0.3) is 0 Å². The third kappa shape index (κ3) is 3.43. The van der Waals surface area contributed by atoms with Gasteiger partial charge in [0.15, 0.2) is 0 Å². The minimum atomic E-state index is 1.07. The van der Waals surface area contributed by atoms with Crippen LogP contribution in [0.2, 0.25) is 0 Å². The normalized spacial score (nSPS) is 10.0. The van der Waals surface area contributed by atoms with Crippen molar-refractivity contribution in [2.75, 3.05) is 5.32 Å². The molecule has 0 bridgehead atoms. The van der Waals surface area contributed by atoms with Gasteiger partial charge in [-0.25, -0.2) is 0 Å². The molecule has 82 valence electrons. The van der Waals surface area contributed by atoms with E-state index in [-0.39, 0.29) is 0 Å². The number of unbranched alkanes of at least 4 members (excludes halogenated alkanes) is 1. The van der Waals surface area contributed by atoms with Crippen molar-refractivity contribution in [2.24, 2.45) is 0 Å². The van der Waals surface area contributed by atoms with Gasteiger partial charge in [-0.1, -0.05) is 39.0 Å². The Morgan fingerprint density at radius 1 is 1.33 bits per heavy atom. The number of aryl methyl sites for hydroxylation is 2. The molecule has 0 heterocycles. The molecule has 1 nitrogen and oxygen atoms in total. The third-order valence-corrected chi connectivity index (χ3v) is 2.63. The van der Waals surface area contributed by atoms with Gasteiger partial charge >= 0.3 is 0 Å². The molecule has 1 aromatic carbocycles. The molecular formula is C14H21N. The first-order valence-electron chi connectivity index (χ1n) is 5.81. The van der Waals surface area contributed by atoms with Crippen molar-refractivity contribution in [3.63, 3.8) is 0 Å². The second-order valence-electron chi connectivity index (χ2n) is 3.80. The van der Waals surface area contributed by atoms with Crippen LogP contribution >= 0.6 is 0 Å². The first-order valence-corrected chi connectivity index (χ1v) is 5.81. The van der Waals surface area contributed by atoms with Crippen molar-refractivity contribution in [1.29, 1.82) is 0 Å². The molecule has 0 radical (unpaired) electrons. The Morgan fingerprint density at radius 3 is 2.73 bits per heavy atom. The quantitative estimate of drug-likeness (QED) is 0.732. The van der Waals surface area contributed by atoms with Crippen LogP contribution in [-0.2, 0) is 12.8 Å². The predicted octanol–water partition coefficient (Wildman–Crippen LogP) is 4.15. The van der Waals surface area contributed by atoms with E-state index in [0.29, 0.717) is 0 Å². The maximum absolute atomic E-state index is 3.69. The Kier molecular flexibility index (Phi) is 4.96. The van der Waals surface area contributed by atoms with Crippen molar-refractivity contribution >= 4 is 5.69 Å². The maximum Gasteiger partial charge on any atom is 0.0412 e. The second kappa shape index (κ2) is 6.28. The van der Waals surface area contributed by atoms with Gasteiger partial charge in [0.2, 0.25) is 0 Å². The Hall–Kier alpha value is -1.24. The minimum Gasteiger partial charge on any atom is -0.362 e. The molecular weight excluding hydrogens is 182 g/mol. The summed E-state index contributed by atoms with van der Waals surface area (Å²) in [4.78, 5) is 0. The molecule has 0 unspecified atom stereocenters. The summed E-state index contributed by atoms with van der Waals surface area (Å²) in [5, 5.41) is 3.17. The SMILES string of the molecule is C=CNc1ccc(CCCC)cc1CC. The molecule has 1 aromatic rings. The fourth-order valence-corrected chi connectivity index (χ4v) is 1.73. The summed E-state index contributed by atoms with van der Waals surface area (Å²) in [7, 11) is 0. The second-order valence-corrected chi connectivity index (χ2v) is 3.80. The Morgan fingerprint density at radius 2 is 2.13 bits per heavy atom. The van der Waals surface area contributed by atoms with E-state index in [9.17, 15) is 0 Å². The first kappa shape index (κ1) is 11.8. The van der Waals surface area contributed by atoms with Crippen LogP contribution in [0.1, 0.15) is 37.8 Å². The highest BCUT2D eigenvalue weighted by Crippen LogP contribution is 2.19. The van der Waals surface area contributed by atoms with Gasteiger partial charge in [-0.15, -0.1) is 0 Å². The van der Waals surface area contributed by atoms with Crippen molar-refractivity contribution in [3.8, 4) is 0 Å². The molecule has 15 heavy (non-hydrogen) atoms. The van der Waals surface area contributed by atoms with Gasteiger partial charge in [-0.05, 0) is 42.7 Å². The van der Waals surface area contributed by atoms with E-state index in [1.807, 2.05) is 0 Å². The van der Waals surface area contributed by atoms with Gasteiger partial charge in [-0.2, -0.15) is 0 Å². The molecule has 0 atom stereocenters. The molecule has 0 saturated heterocycles. The monoisotopic (exact) mass is 203 g/mol. The van der Waals surface area contributed by atoms with E-state index in [1.54, 1.807) is 6.20 Å². The summed E-state index contributed by atoms with van der Waals surface area (Å²) < 4.78 is 0. The molecule has 0 aliphatic rings. The van der Waals surface area contributed by atoms with Crippen LogP contribution in [0, 0.1) is 0 Å². The number of benzene rings is 1. The van der Waals surface area contributed by atoms with E-state index in [4.69, 9.17) is 0 Å². The van der Waals surface area contributed by atoms with Crippen molar-refractivity contribution in [3.05, 3.63) is 42.1 Å². The summed E-state index contributed by atoms with van der Waals surface area (Å²) in [5.74, 6) is 0. The topological polar surface area (TPSA) is 12.0 Å². The molecule has 0 amide bonds. The smallest absolute Gasteiger partial charge is 0.0412 e. The predicted molar refractivity (Wildman–Crippen MR) is 68.3 cm³/mol. The average Bonchev–Trinajstić information content (AvgIpc) is 2.28. The van der Waals surface area contributed by atoms with Crippen molar-refractivity contribution in [1.82, 2.24) is 0 Å².